The maximum Gasteiger partial charge on any atom is 0.210 e. The molecule has 0 unspecified atom stereocenters. The molecule has 0 bridgehead atoms. The Bertz CT molecular complexity index is 621. The number of hydrogen-bond acceptors (Lipinski definition) is 6. The third-order valence-corrected chi connectivity index (χ3v) is 4.31. The van der Waals surface area contributed by atoms with Crippen molar-refractivity contribution in [2.75, 3.05) is 0 Å². The van der Waals surface area contributed by atoms with Gasteiger partial charge in [0.15, 0.2) is 0 Å². The number of thioether (sulfide) groups is 1. The maximum atomic E-state index is 4.29. The number of aromatic nitrogens is 5. The molecule has 0 aliphatic heterocycles. The molecule has 5 nitrogen and oxygen atoms in total. The molecule has 0 atom stereocenters. The summed E-state index contributed by atoms with van der Waals surface area (Å²) >= 11 is 3.30. The molecule has 0 amide bonds. The summed E-state index contributed by atoms with van der Waals surface area (Å²) < 4.78 is 1.82. The molecule has 0 aliphatic carbocycles. The lowest BCUT2D eigenvalue weighted by atomic mass is 10.4. The van der Waals surface area contributed by atoms with Crippen LogP contribution in [0, 0.1) is 0 Å². The van der Waals surface area contributed by atoms with Gasteiger partial charge in [-0.2, -0.15) is 0 Å². The molecule has 3 aromatic heterocycles. The van der Waals surface area contributed by atoms with Crippen molar-refractivity contribution in [2.45, 2.75) is 17.5 Å². The maximum absolute atomic E-state index is 4.29. The van der Waals surface area contributed by atoms with E-state index < -0.39 is 0 Å². The summed E-state index contributed by atoms with van der Waals surface area (Å²) in [6, 6.07) is 10.0. The van der Waals surface area contributed by atoms with Gasteiger partial charge in [0.2, 0.25) is 5.16 Å². The monoisotopic (exact) mass is 289 g/mol. The van der Waals surface area contributed by atoms with Crippen LogP contribution in [0.15, 0.2) is 47.1 Å². The summed E-state index contributed by atoms with van der Waals surface area (Å²) in [5.41, 5.74) is 1.03. The highest BCUT2D eigenvalue weighted by Gasteiger charge is 2.08. The van der Waals surface area contributed by atoms with Crippen molar-refractivity contribution in [3.8, 4) is 0 Å². The standard InChI is InChI=1S/C12H11N5S2/c1-2-6-13-10(4-1)9-19-12-14-15-16-17(12)8-11-5-3-7-18-11/h1-7H,8-9H2. The Balaban J connectivity index is 1.67. The highest BCUT2D eigenvalue weighted by Crippen LogP contribution is 2.20. The van der Waals surface area contributed by atoms with Crippen LogP contribution in [0.4, 0.5) is 0 Å². The molecule has 0 spiro atoms. The predicted molar refractivity (Wildman–Crippen MR) is 75.0 cm³/mol. The Kier molecular flexibility index (Phi) is 3.85. The summed E-state index contributed by atoms with van der Waals surface area (Å²) in [6.07, 6.45) is 1.80. The average Bonchev–Trinajstić information content (AvgIpc) is 3.10. The summed E-state index contributed by atoms with van der Waals surface area (Å²) in [7, 11) is 0. The van der Waals surface area contributed by atoms with Gasteiger partial charge in [-0.15, -0.1) is 16.4 Å². The van der Waals surface area contributed by atoms with E-state index in [1.165, 1.54) is 4.88 Å². The third kappa shape index (κ3) is 3.18. The van der Waals surface area contributed by atoms with Crippen molar-refractivity contribution in [3.63, 3.8) is 0 Å². The quantitative estimate of drug-likeness (QED) is 0.675. The van der Waals surface area contributed by atoms with E-state index in [9.17, 15) is 0 Å². The summed E-state index contributed by atoms with van der Waals surface area (Å²) in [5, 5.41) is 14.7. The SMILES string of the molecule is c1ccc(CSc2nnnn2Cc2cccs2)nc1. The van der Waals surface area contributed by atoms with Crippen LogP contribution in [0.2, 0.25) is 0 Å². The van der Waals surface area contributed by atoms with Gasteiger partial charge in [0, 0.05) is 16.8 Å². The van der Waals surface area contributed by atoms with Crippen molar-refractivity contribution in [1.82, 2.24) is 25.2 Å². The molecule has 7 heteroatoms. The lowest BCUT2D eigenvalue weighted by Gasteiger charge is -2.02. The van der Waals surface area contributed by atoms with E-state index in [2.05, 4.69) is 32.0 Å². The van der Waals surface area contributed by atoms with E-state index in [4.69, 9.17) is 0 Å². The molecule has 3 aromatic rings. The van der Waals surface area contributed by atoms with Crippen molar-refractivity contribution >= 4 is 23.1 Å². The minimum atomic E-state index is 0.717. The largest absolute Gasteiger partial charge is 0.260 e. The first-order valence-electron chi connectivity index (χ1n) is 5.73. The molecule has 3 heterocycles. The molecule has 3 rings (SSSR count). The summed E-state index contributed by atoms with van der Waals surface area (Å²) in [4.78, 5) is 5.53. The lowest BCUT2D eigenvalue weighted by molar-refractivity contribution is 0.608. The third-order valence-electron chi connectivity index (χ3n) is 2.46. The van der Waals surface area contributed by atoms with Crippen molar-refractivity contribution in [2.24, 2.45) is 0 Å². The van der Waals surface area contributed by atoms with Crippen LogP contribution in [0.25, 0.3) is 0 Å². The zero-order valence-electron chi connectivity index (χ0n) is 10.0. The van der Waals surface area contributed by atoms with Crippen LogP contribution in [-0.4, -0.2) is 25.2 Å². The van der Waals surface area contributed by atoms with E-state index in [1.807, 2.05) is 28.9 Å². The van der Waals surface area contributed by atoms with Gasteiger partial charge in [-0.3, -0.25) is 4.98 Å². The molecule has 96 valence electrons. The van der Waals surface area contributed by atoms with Gasteiger partial charge in [0.05, 0.1) is 12.2 Å². The number of pyridine rings is 1. The second-order valence-corrected chi connectivity index (χ2v) is 5.78. The first-order valence-corrected chi connectivity index (χ1v) is 7.59. The van der Waals surface area contributed by atoms with Gasteiger partial charge in [-0.05, 0) is 34.0 Å². The molecule has 0 N–H and O–H groups in total. The van der Waals surface area contributed by atoms with E-state index in [0.29, 0.717) is 0 Å². The number of tetrazole rings is 1. The van der Waals surface area contributed by atoms with Crippen molar-refractivity contribution < 1.29 is 0 Å². The zero-order chi connectivity index (χ0) is 12.9. The Labute approximate surface area is 118 Å². The minimum absolute atomic E-state index is 0.717. The first kappa shape index (κ1) is 12.3. The molecule has 0 saturated carbocycles. The van der Waals surface area contributed by atoms with Crippen LogP contribution in [0.5, 0.6) is 0 Å². The predicted octanol–water partition coefficient (Wildman–Crippen LogP) is 2.47. The fourth-order valence-electron chi connectivity index (χ4n) is 1.57. The Morgan fingerprint density at radius 2 is 2.21 bits per heavy atom. The average molecular weight is 289 g/mol. The van der Waals surface area contributed by atoms with Crippen LogP contribution >= 0.6 is 23.1 Å². The van der Waals surface area contributed by atoms with Gasteiger partial charge >= 0.3 is 0 Å². The summed E-state index contributed by atoms with van der Waals surface area (Å²) in [5.74, 6) is 0.769. The molecule has 0 aliphatic rings. The minimum Gasteiger partial charge on any atom is -0.260 e. The topological polar surface area (TPSA) is 56.5 Å². The summed E-state index contributed by atoms with van der Waals surface area (Å²) in [6.45, 7) is 0.717. The van der Waals surface area contributed by atoms with E-state index >= 15 is 0 Å². The van der Waals surface area contributed by atoms with Crippen LogP contribution < -0.4 is 0 Å². The second-order valence-electron chi connectivity index (χ2n) is 3.81. The number of nitrogens with zero attached hydrogens (tertiary/aromatic N) is 5. The highest BCUT2D eigenvalue weighted by atomic mass is 32.2. The molecule has 0 fully saturated rings. The second kappa shape index (κ2) is 5.94. The van der Waals surface area contributed by atoms with Crippen LogP contribution in [0.3, 0.4) is 0 Å². The van der Waals surface area contributed by atoms with Crippen molar-refractivity contribution in [1.29, 1.82) is 0 Å². The fraction of sp³-hybridized carbons (Fsp3) is 0.167. The Morgan fingerprint density at radius 1 is 1.21 bits per heavy atom. The van der Waals surface area contributed by atoms with Gasteiger partial charge in [0.25, 0.3) is 0 Å². The number of thiophene rings is 1. The zero-order valence-corrected chi connectivity index (χ0v) is 11.6. The molecular formula is C12H11N5S2. The normalized spacial score (nSPS) is 10.7. The Morgan fingerprint density at radius 3 is 3.00 bits per heavy atom. The first-order chi connectivity index (χ1) is 9.42. The molecule has 0 radical (unpaired) electrons. The van der Waals surface area contributed by atoms with E-state index in [0.717, 1.165) is 23.1 Å². The van der Waals surface area contributed by atoms with Gasteiger partial charge in [-0.1, -0.05) is 23.9 Å². The number of rotatable bonds is 5. The fourth-order valence-corrected chi connectivity index (χ4v) is 3.05. The number of hydrogen-bond donors (Lipinski definition) is 0. The van der Waals surface area contributed by atoms with Crippen molar-refractivity contribution in [3.05, 3.63) is 52.5 Å². The van der Waals surface area contributed by atoms with Crippen LogP contribution in [0.1, 0.15) is 10.6 Å². The molecule has 19 heavy (non-hydrogen) atoms. The molecule has 0 saturated heterocycles. The van der Waals surface area contributed by atoms with Gasteiger partial charge in [-0.25, -0.2) is 4.68 Å². The van der Waals surface area contributed by atoms with Gasteiger partial charge in [0.1, 0.15) is 0 Å². The lowest BCUT2D eigenvalue weighted by Crippen LogP contribution is -2.02. The highest BCUT2D eigenvalue weighted by molar-refractivity contribution is 7.98. The smallest absolute Gasteiger partial charge is 0.210 e. The molecular weight excluding hydrogens is 278 g/mol. The van der Waals surface area contributed by atoms with Gasteiger partial charge < -0.3 is 0 Å². The van der Waals surface area contributed by atoms with Crippen LogP contribution in [-0.2, 0) is 12.3 Å². The Hall–Kier alpha value is -1.73. The van der Waals surface area contributed by atoms with E-state index in [1.54, 1.807) is 29.3 Å². The molecule has 0 aromatic carbocycles. The van der Waals surface area contributed by atoms with E-state index in [-0.39, 0.29) is 0 Å².